The average molecular weight is 301 g/mol. The number of nitrogens with zero attached hydrogens (tertiary/aromatic N) is 1. The summed E-state index contributed by atoms with van der Waals surface area (Å²) in [6.07, 6.45) is 2.58. The van der Waals surface area contributed by atoms with Gasteiger partial charge in [0.2, 0.25) is 0 Å². The Labute approximate surface area is 107 Å². The average Bonchev–Trinajstić information content (AvgIpc) is 2.29. The zero-order valence-corrected chi connectivity index (χ0v) is 10.9. The molecule has 0 aromatic carbocycles. The first kappa shape index (κ1) is 13.6. The number of hydrogen-bond acceptors (Lipinski definition) is 3. The molecule has 0 saturated heterocycles. The second-order valence-electron chi connectivity index (χ2n) is 3.51. The van der Waals surface area contributed by atoms with Crippen LogP contribution in [0.2, 0.25) is 0 Å². The van der Waals surface area contributed by atoms with Crippen LogP contribution in [0.25, 0.3) is 0 Å². The van der Waals surface area contributed by atoms with Crippen LogP contribution in [-0.2, 0) is 4.79 Å². The molecule has 92 valence electrons. The minimum atomic E-state index is -1.03. The highest BCUT2D eigenvalue weighted by Crippen LogP contribution is 2.07. The zero-order chi connectivity index (χ0) is 12.8. The van der Waals surface area contributed by atoms with E-state index >= 15 is 0 Å². The van der Waals surface area contributed by atoms with Gasteiger partial charge in [-0.25, -0.2) is 9.78 Å². The van der Waals surface area contributed by atoms with Gasteiger partial charge >= 0.3 is 5.97 Å². The van der Waals surface area contributed by atoms with Crippen molar-refractivity contribution in [3.63, 3.8) is 0 Å². The van der Waals surface area contributed by atoms with Crippen molar-refractivity contribution in [2.75, 3.05) is 0 Å². The summed E-state index contributed by atoms with van der Waals surface area (Å²) < 4.78 is 0.761. The van der Waals surface area contributed by atoms with Gasteiger partial charge in [0, 0.05) is 10.7 Å². The molecule has 5 nitrogen and oxygen atoms in total. The lowest BCUT2D eigenvalue weighted by Gasteiger charge is -2.12. The molecule has 1 rings (SSSR count). The monoisotopic (exact) mass is 300 g/mol. The van der Waals surface area contributed by atoms with Gasteiger partial charge in [0.05, 0.1) is 0 Å². The summed E-state index contributed by atoms with van der Waals surface area (Å²) >= 11 is 3.21. The van der Waals surface area contributed by atoms with E-state index in [0.717, 1.165) is 4.47 Å². The zero-order valence-electron chi connectivity index (χ0n) is 9.31. The molecule has 1 amide bonds. The summed E-state index contributed by atoms with van der Waals surface area (Å²) in [6.45, 7) is 1.86. The molecule has 0 aliphatic rings. The second kappa shape index (κ2) is 6.34. The predicted octanol–water partition coefficient (Wildman–Crippen LogP) is 1.83. The number of carbonyl (C=O) groups excluding carboxylic acids is 1. The van der Waals surface area contributed by atoms with Crippen LogP contribution in [0.15, 0.2) is 22.8 Å². The van der Waals surface area contributed by atoms with Crippen molar-refractivity contribution in [1.29, 1.82) is 0 Å². The third-order valence-electron chi connectivity index (χ3n) is 2.14. The molecule has 0 bridgehead atoms. The minimum Gasteiger partial charge on any atom is -0.480 e. The molecule has 2 N–H and O–H groups in total. The van der Waals surface area contributed by atoms with Crippen molar-refractivity contribution >= 4 is 27.8 Å². The van der Waals surface area contributed by atoms with Crippen LogP contribution in [0.4, 0.5) is 0 Å². The van der Waals surface area contributed by atoms with Gasteiger partial charge in [-0.1, -0.05) is 13.3 Å². The quantitative estimate of drug-likeness (QED) is 0.869. The first-order valence-electron chi connectivity index (χ1n) is 5.19. The number of halogens is 1. The second-order valence-corrected chi connectivity index (χ2v) is 4.43. The maximum absolute atomic E-state index is 11.7. The topological polar surface area (TPSA) is 79.3 Å². The summed E-state index contributed by atoms with van der Waals surface area (Å²) in [5.41, 5.74) is 0.204. The summed E-state index contributed by atoms with van der Waals surface area (Å²) in [6, 6.07) is 2.35. The lowest BCUT2D eigenvalue weighted by Crippen LogP contribution is -2.40. The molecule has 6 heteroatoms. The summed E-state index contributed by atoms with van der Waals surface area (Å²) in [5, 5.41) is 11.3. The van der Waals surface area contributed by atoms with Crippen molar-refractivity contribution in [2.45, 2.75) is 25.8 Å². The Morgan fingerprint density at radius 3 is 2.71 bits per heavy atom. The van der Waals surface area contributed by atoms with Crippen molar-refractivity contribution in [3.8, 4) is 0 Å². The molecule has 1 heterocycles. The molecule has 1 atom stereocenters. The lowest BCUT2D eigenvalue weighted by molar-refractivity contribution is -0.139. The molecular weight excluding hydrogens is 288 g/mol. The number of carboxylic acids is 1. The molecular formula is C11H13BrN2O3. The van der Waals surface area contributed by atoms with E-state index in [9.17, 15) is 9.59 Å². The van der Waals surface area contributed by atoms with Gasteiger partial charge in [-0.2, -0.15) is 0 Å². The van der Waals surface area contributed by atoms with E-state index in [4.69, 9.17) is 5.11 Å². The minimum absolute atomic E-state index is 0.204. The molecule has 0 radical (unpaired) electrons. The van der Waals surface area contributed by atoms with Gasteiger partial charge < -0.3 is 10.4 Å². The summed E-state index contributed by atoms with van der Waals surface area (Å²) in [4.78, 5) is 26.5. The van der Waals surface area contributed by atoms with Crippen molar-refractivity contribution < 1.29 is 14.7 Å². The fourth-order valence-corrected chi connectivity index (χ4v) is 1.52. The van der Waals surface area contributed by atoms with E-state index in [0.29, 0.717) is 12.8 Å². The number of rotatable bonds is 5. The number of aliphatic carboxylic acids is 1. The van der Waals surface area contributed by atoms with Gasteiger partial charge in [-0.05, 0) is 34.5 Å². The fourth-order valence-electron chi connectivity index (χ4n) is 1.29. The smallest absolute Gasteiger partial charge is 0.326 e. The molecule has 17 heavy (non-hydrogen) atoms. The molecule has 1 aromatic rings. The van der Waals surface area contributed by atoms with E-state index in [1.165, 1.54) is 12.3 Å². The van der Waals surface area contributed by atoms with Crippen LogP contribution in [0.1, 0.15) is 30.3 Å². The first-order chi connectivity index (χ1) is 8.04. The maximum atomic E-state index is 11.7. The van der Waals surface area contributed by atoms with Crippen LogP contribution >= 0.6 is 15.9 Å². The lowest BCUT2D eigenvalue weighted by atomic mass is 10.1. The molecule has 0 aliphatic heterocycles. The van der Waals surface area contributed by atoms with Gasteiger partial charge in [0.15, 0.2) is 0 Å². The van der Waals surface area contributed by atoms with Gasteiger partial charge in [-0.15, -0.1) is 0 Å². The van der Waals surface area contributed by atoms with Crippen LogP contribution in [0.5, 0.6) is 0 Å². The number of carbonyl (C=O) groups is 2. The number of carboxylic acid groups (broad SMARTS) is 1. The Hall–Kier alpha value is -1.43. The molecule has 1 aromatic heterocycles. The van der Waals surface area contributed by atoms with Crippen LogP contribution < -0.4 is 5.32 Å². The maximum Gasteiger partial charge on any atom is 0.326 e. The number of nitrogens with one attached hydrogen (secondary N) is 1. The Bertz CT molecular complexity index is 406. The molecule has 0 saturated carbocycles. The SMILES string of the molecule is CCC[C@H](NC(=O)c1ccc(Br)cn1)C(=O)O. The number of pyridine rings is 1. The number of aromatic nitrogens is 1. The van der Waals surface area contributed by atoms with Gasteiger partial charge in [0.1, 0.15) is 11.7 Å². The van der Waals surface area contributed by atoms with E-state index in [1.807, 2.05) is 6.92 Å². The molecule has 0 aliphatic carbocycles. The third-order valence-corrected chi connectivity index (χ3v) is 2.61. The van der Waals surface area contributed by atoms with Crippen molar-refractivity contribution in [1.82, 2.24) is 10.3 Å². The molecule has 0 spiro atoms. The van der Waals surface area contributed by atoms with E-state index < -0.39 is 17.9 Å². The van der Waals surface area contributed by atoms with E-state index in [1.54, 1.807) is 6.07 Å². The number of hydrogen-bond donors (Lipinski definition) is 2. The van der Waals surface area contributed by atoms with Crippen LogP contribution in [0.3, 0.4) is 0 Å². The van der Waals surface area contributed by atoms with Crippen LogP contribution in [-0.4, -0.2) is 28.0 Å². The molecule has 0 fully saturated rings. The standard InChI is InChI=1S/C11H13BrN2O3/c1-2-3-9(11(16)17)14-10(15)8-5-4-7(12)6-13-8/h4-6,9H,2-3H2,1H3,(H,14,15)(H,16,17)/t9-/m0/s1. The Balaban J connectivity index is 2.70. The van der Waals surface area contributed by atoms with E-state index in [2.05, 4.69) is 26.2 Å². The Kier molecular flexibility index (Phi) is 5.09. The Morgan fingerprint density at radius 1 is 1.53 bits per heavy atom. The first-order valence-corrected chi connectivity index (χ1v) is 5.99. The number of amides is 1. The third kappa shape index (κ3) is 4.14. The highest BCUT2D eigenvalue weighted by atomic mass is 79.9. The van der Waals surface area contributed by atoms with Crippen LogP contribution in [0, 0.1) is 0 Å². The normalized spacial score (nSPS) is 11.9. The van der Waals surface area contributed by atoms with Crippen molar-refractivity contribution in [3.05, 3.63) is 28.5 Å². The fraction of sp³-hybridized carbons (Fsp3) is 0.364. The largest absolute Gasteiger partial charge is 0.480 e. The van der Waals surface area contributed by atoms with E-state index in [-0.39, 0.29) is 5.69 Å². The van der Waals surface area contributed by atoms with Gasteiger partial charge in [0.25, 0.3) is 5.91 Å². The molecule has 0 unspecified atom stereocenters. The Morgan fingerprint density at radius 2 is 2.24 bits per heavy atom. The summed E-state index contributed by atoms with van der Waals surface area (Å²) in [7, 11) is 0. The highest BCUT2D eigenvalue weighted by molar-refractivity contribution is 9.10. The summed E-state index contributed by atoms with van der Waals surface area (Å²) in [5.74, 6) is -1.50. The van der Waals surface area contributed by atoms with Gasteiger partial charge in [-0.3, -0.25) is 4.79 Å². The predicted molar refractivity (Wildman–Crippen MR) is 65.7 cm³/mol. The highest BCUT2D eigenvalue weighted by Gasteiger charge is 2.19. The van der Waals surface area contributed by atoms with Crippen molar-refractivity contribution in [2.24, 2.45) is 0 Å².